The normalized spacial score (nSPS) is 22.7. The maximum absolute atomic E-state index is 12.0. The van der Waals surface area contributed by atoms with Gasteiger partial charge in [-0.2, -0.15) is 0 Å². The topological polar surface area (TPSA) is 108 Å². The third-order valence-corrected chi connectivity index (χ3v) is 5.47. The molecular weight excluding hydrogens is 360 g/mol. The molecule has 0 amide bonds. The molecule has 3 N–H and O–H groups in total. The molecule has 0 aliphatic heterocycles. The van der Waals surface area contributed by atoms with Gasteiger partial charge in [-0.3, -0.25) is 4.79 Å². The van der Waals surface area contributed by atoms with E-state index in [1.807, 2.05) is 32.9 Å². The van der Waals surface area contributed by atoms with Gasteiger partial charge in [-0.1, -0.05) is 17.3 Å². The number of nitrogens with one attached hydrogen (secondary N) is 1. The second kappa shape index (κ2) is 8.68. The quantitative estimate of drug-likeness (QED) is 0.584. The summed E-state index contributed by atoms with van der Waals surface area (Å²) in [5, 5.41) is 27.1. The standard InChI is InChI=1S/C21H32N2O5/c1-13(24)21(5,23-27)17-9-14-7-6-8-19(16(14)10-18(17)26)28-12-15(25)11-22-20(2,3)4/h6-8,15,17-18,22,25-26H,9-12H2,1-5H3. The molecule has 1 aromatic rings. The van der Waals surface area contributed by atoms with E-state index in [4.69, 9.17) is 4.74 Å². The van der Waals surface area contributed by atoms with E-state index >= 15 is 0 Å². The number of Topliss-reactive ketones (excluding diaryl/α,β-unsaturated/α-hetero) is 1. The van der Waals surface area contributed by atoms with Crippen LogP contribution >= 0.6 is 0 Å². The summed E-state index contributed by atoms with van der Waals surface area (Å²) in [5.41, 5.74) is 0.218. The molecule has 0 bridgehead atoms. The van der Waals surface area contributed by atoms with Crippen molar-refractivity contribution in [3.63, 3.8) is 0 Å². The molecule has 4 unspecified atom stereocenters. The van der Waals surface area contributed by atoms with Crippen LogP contribution in [0.15, 0.2) is 23.4 Å². The molecule has 0 saturated heterocycles. The third kappa shape index (κ3) is 5.16. The van der Waals surface area contributed by atoms with E-state index in [0.717, 1.165) is 11.1 Å². The number of benzene rings is 1. The Morgan fingerprint density at radius 1 is 1.32 bits per heavy atom. The first-order chi connectivity index (χ1) is 13.0. The average molecular weight is 392 g/mol. The molecule has 1 aliphatic carbocycles. The van der Waals surface area contributed by atoms with Gasteiger partial charge in [0.05, 0.1) is 6.10 Å². The summed E-state index contributed by atoms with van der Waals surface area (Å²) in [6, 6.07) is 5.55. The highest BCUT2D eigenvalue weighted by atomic mass is 16.5. The number of carbonyl (C=O) groups excluding carboxylic acids is 1. The number of fused-ring (bicyclic) bond motifs is 1. The minimum Gasteiger partial charge on any atom is -0.491 e. The lowest BCUT2D eigenvalue weighted by Gasteiger charge is -2.37. The third-order valence-electron chi connectivity index (χ3n) is 5.47. The smallest absolute Gasteiger partial charge is 0.163 e. The van der Waals surface area contributed by atoms with Crippen LogP contribution < -0.4 is 10.1 Å². The zero-order valence-corrected chi connectivity index (χ0v) is 17.4. The summed E-state index contributed by atoms with van der Waals surface area (Å²) in [5.74, 6) is -0.322. The van der Waals surface area contributed by atoms with Crippen molar-refractivity contribution in [2.45, 2.75) is 70.7 Å². The van der Waals surface area contributed by atoms with Crippen molar-refractivity contribution in [3.05, 3.63) is 34.2 Å². The number of carbonyl (C=O) groups is 1. The lowest BCUT2D eigenvalue weighted by Crippen LogP contribution is -2.49. The first-order valence-electron chi connectivity index (χ1n) is 9.68. The van der Waals surface area contributed by atoms with Crippen molar-refractivity contribution in [3.8, 4) is 5.75 Å². The number of aliphatic hydroxyl groups excluding tert-OH is 2. The summed E-state index contributed by atoms with van der Waals surface area (Å²) in [6.45, 7) is 9.42. The zero-order chi connectivity index (χ0) is 21.1. The highest BCUT2D eigenvalue weighted by Gasteiger charge is 2.46. The van der Waals surface area contributed by atoms with Crippen molar-refractivity contribution < 1.29 is 19.7 Å². The van der Waals surface area contributed by atoms with E-state index in [2.05, 4.69) is 10.5 Å². The fourth-order valence-electron chi connectivity index (χ4n) is 3.53. The predicted octanol–water partition coefficient (Wildman–Crippen LogP) is 2.00. The molecule has 7 heteroatoms. The summed E-state index contributed by atoms with van der Waals surface area (Å²) in [4.78, 5) is 23.3. The average Bonchev–Trinajstić information content (AvgIpc) is 2.62. The molecule has 156 valence electrons. The first kappa shape index (κ1) is 22.5. The monoisotopic (exact) mass is 392 g/mol. The van der Waals surface area contributed by atoms with Gasteiger partial charge in [0.15, 0.2) is 11.3 Å². The van der Waals surface area contributed by atoms with Crippen molar-refractivity contribution in [1.29, 1.82) is 0 Å². The summed E-state index contributed by atoms with van der Waals surface area (Å²) in [6.07, 6.45) is -0.915. The summed E-state index contributed by atoms with van der Waals surface area (Å²) in [7, 11) is 0. The van der Waals surface area contributed by atoms with Gasteiger partial charge in [0.25, 0.3) is 0 Å². The predicted molar refractivity (Wildman–Crippen MR) is 107 cm³/mol. The number of ketones is 1. The number of β-amino-alcohol motifs (C(OH)–C–C–N with tert-alkyl or cyclic N) is 1. The van der Waals surface area contributed by atoms with Crippen molar-refractivity contribution >= 4 is 5.78 Å². The van der Waals surface area contributed by atoms with E-state index in [9.17, 15) is 19.9 Å². The highest BCUT2D eigenvalue weighted by Crippen LogP contribution is 2.38. The molecule has 4 atom stereocenters. The first-order valence-corrected chi connectivity index (χ1v) is 9.68. The number of ether oxygens (including phenoxy) is 1. The minimum absolute atomic E-state index is 0.0952. The lowest BCUT2D eigenvalue weighted by molar-refractivity contribution is -0.125. The Morgan fingerprint density at radius 3 is 2.57 bits per heavy atom. The molecule has 0 spiro atoms. The second-order valence-electron chi connectivity index (χ2n) is 8.87. The second-order valence-corrected chi connectivity index (χ2v) is 8.87. The number of hydrogen-bond acceptors (Lipinski definition) is 7. The van der Waals surface area contributed by atoms with Crippen LogP contribution in [0.1, 0.15) is 45.7 Å². The van der Waals surface area contributed by atoms with Crippen LogP contribution in [-0.4, -0.2) is 52.4 Å². The van der Waals surface area contributed by atoms with E-state index in [-0.39, 0.29) is 24.3 Å². The summed E-state index contributed by atoms with van der Waals surface area (Å²) >= 11 is 0. The summed E-state index contributed by atoms with van der Waals surface area (Å²) < 4.78 is 5.82. The number of nitroso groups, excluding NO2 is 1. The van der Waals surface area contributed by atoms with Crippen LogP contribution in [-0.2, 0) is 17.6 Å². The Balaban J connectivity index is 2.12. The molecular formula is C21H32N2O5. The van der Waals surface area contributed by atoms with Crippen LogP contribution in [0.2, 0.25) is 0 Å². The molecule has 0 aromatic heterocycles. The van der Waals surface area contributed by atoms with Crippen molar-refractivity contribution in [2.75, 3.05) is 13.2 Å². The minimum atomic E-state index is -1.46. The van der Waals surface area contributed by atoms with Crippen molar-refractivity contribution in [1.82, 2.24) is 5.32 Å². The van der Waals surface area contributed by atoms with E-state index < -0.39 is 23.7 Å². The van der Waals surface area contributed by atoms with Gasteiger partial charge in [0.1, 0.15) is 18.5 Å². The Labute approximate surface area is 166 Å². The van der Waals surface area contributed by atoms with Gasteiger partial charge in [-0.25, -0.2) is 0 Å². The van der Waals surface area contributed by atoms with Gasteiger partial charge in [-0.15, -0.1) is 4.91 Å². The maximum atomic E-state index is 12.0. The Bertz CT molecular complexity index is 715. The molecule has 28 heavy (non-hydrogen) atoms. The highest BCUT2D eigenvalue weighted by molar-refractivity contribution is 5.86. The van der Waals surface area contributed by atoms with Gasteiger partial charge in [0, 0.05) is 24.4 Å². The van der Waals surface area contributed by atoms with Gasteiger partial charge in [-0.05, 0) is 58.2 Å². The number of aliphatic hydroxyl groups is 2. The zero-order valence-electron chi connectivity index (χ0n) is 17.4. The van der Waals surface area contributed by atoms with Crippen LogP contribution in [0, 0.1) is 10.8 Å². The van der Waals surface area contributed by atoms with E-state index in [0.29, 0.717) is 18.7 Å². The Morgan fingerprint density at radius 2 is 2.00 bits per heavy atom. The largest absolute Gasteiger partial charge is 0.491 e. The van der Waals surface area contributed by atoms with Gasteiger partial charge >= 0.3 is 0 Å². The SMILES string of the molecule is CC(=O)C(C)(N=O)C1Cc2cccc(OCC(O)CNC(C)(C)C)c2CC1O. The number of rotatable bonds is 8. The van der Waals surface area contributed by atoms with Crippen molar-refractivity contribution in [2.24, 2.45) is 11.1 Å². The van der Waals surface area contributed by atoms with E-state index in [1.54, 1.807) is 6.07 Å². The molecule has 0 fully saturated rings. The number of hydrogen-bond donors (Lipinski definition) is 3. The van der Waals surface area contributed by atoms with Gasteiger partial charge < -0.3 is 20.3 Å². The molecule has 1 aromatic carbocycles. The Hall–Kier alpha value is -1.83. The molecule has 1 aliphatic rings. The van der Waals surface area contributed by atoms with Crippen LogP contribution in [0.25, 0.3) is 0 Å². The molecule has 7 nitrogen and oxygen atoms in total. The molecule has 0 radical (unpaired) electrons. The Kier molecular flexibility index (Phi) is 6.96. The fourth-order valence-corrected chi connectivity index (χ4v) is 3.53. The molecule has 0 heterocycles. The van der Waals surface area contributed by atoms with Crippen LogP contribution in [0.4, 0.5) is 0 Å². The lowest BCUT2D eigenvalue weighted by atomic mass is 9.70. The molecule has 0 saturated carbocycles. The fraction of sp³-hybridized carbons (Fsp3) is 0.667. The van der Waals surface area contributed by atoms with Gasteiger partial charge in [0.2, 0.25) is 0 Å². The maximum Gasteiger partial charge on any atom is 0.163 e. The van der Waals surface area contributed by atoms with Crippen LogP contribution in [0.5, 0.6) is 5.75 Å². The van der Waals surface area contributed by atoms with Crippen LogP contribution in [0.3, 0.4) is 0 Å². The molecule has 2 rings (SSSR count). The van der Waals surface area contributed by atoms with E-state index in [1.165, 1.54) is 13.8 Å². The number of nitrogens with zero attached hydrogens (tertiary/aromatic N) is 1.